The van der Waals surface area contributed by atoms with Crippen LogP contribution in [0, 0.1) is 12.8 Å². The second-order valence-electron chi connectivity index (χ2n) is 7.77. The molecule has 0 saturated carbocycles. The highest BCUT2D eigenvalue weighted by Crippen LogP contribution is 2.25. The molecule has 1 saturated heterocycles. The maximum atomic E-state index is 12.2. The van der Waals surface area contributed by atoms with E-state index in [4.69, 9.17) is 4.74 Å². The van der Waals surface area contributed by atoms with E-state index in [1.807, 2.05) is 31.5 Å². The molecule has 1 aromatic heterocycles. The fourth-order valence-corrected chi connectivity index (χ4v) is 3.43. The molecule has 0 unspecified atom stereocenters. The van der Waals surface area contributed by atoms with E-state index in [1.54, 1.807) is 4.90 Å². The quantitative estimate of drug-likeness (QED) is 0.748. The fourth-order valence-electron chi connectivity index (χ4n) is 3.10. The van der Waals surface area contributed by atoms with Gasteiger partial charge in [-0.25, -0.2) is 9.48 Å². The number of aryl methyl sites for hydroxylation is 1. The first-order chi connectivity index (χ1) is 11.7. The molecule has 1 aliphatic rings. The Morgan fingerprint density at radius 2 is 2.00 bits per heavy atom. The van der Waals surface area contributed by atoms with Gasteiger partial charge in [0.15, 0.2) is 0 Å². The van der Waals surface area contributed by atoms with Gasteiger partial charge in [-0.15, -0.1) is 5.10 Å². The summed E-state index contributed by atoms with van der Waals surface area (Å²) in [6, 6.07) is 4.13. The van der Waals surface area contributed by atoms with Gasteiger partial charge in [0.25, 0.3) is 0 Å². The van der Waals surface area contributed by atoms with E-state index in [0.717, 1.165) is 53.5 Å². The number of amides is 1. The molecule has 7 heteroatoms. The van der Waals surface area contributed by atoms with Crippen molar-refractivity contribution in [1.82, 2.24) is 19.9 Å². The molecular formula is C18H25BrN4O2. The third-order valence-electron chi connectivity index (χ3n) is 4.49. The molecule has 0 bridgehead atoms. The van der Waals surface area contributed by atoms with Crippen molar-refractivity contribution in [3.05, 3.63) is 22.2 Å². The lowest BCUT2D eigenvalue weighted by Gasteiger charge is -2.33. The van der Waals surface area contributed by atoms with Crippen molar-refractivity contribution in [2.24, 2.45) is 5.92 Å². The average molecular weight is 409 g/mol. The van der Waals surface area contributed by atoms with Crippen LogP contribution in [0.2, 0.25) is 0 Å². The molecule has 3 rings (SSSR count). The number of piperidine rings is 1. The average Bonchev–Trinajstić information content (AvgIpc) is 2.89. The number of carbonyl (C=O) groups is 1. The third kappa shape index (κ3) is 4.32. The maximum Gasteiger partial charge on any atom is 0.410 e. The Kier molecular flexibility index (Phi) is 5.04. The van der Waals surface area contributed by atoms with Crippen molar-refractivity contribution in [3.63, 3.8) is 0 Å². The van der Waals surface area contributed by atoms with Crippen molar-refractivity contribution in [3.8, 4) is 0 Å². The van der Waals surface area contributed by atoms with E-state index >= 15 is 0 Å². The van der Waals surface area contributed by atoms with Crippen LogP contribution in [-0.4, -0.2) is 44.7 Å². The summed E-state index contributed by atoms with van der Waals surface area (Å²) >= 11 is 3.58. The number of nitrogens with zero attached hydrogens (tertiary/aromatic N) is 4. The summed E-state index contributed by atoms with van der Waals surface area (Å²) in [6.45, 7) is 10.0. The topological polar surface area (TPSA) is 60.2 Å². The highest BCUT2D eigenvalue weighted by Gasteiger charge is 2.27. The molecule has 0 atom stereocenters. The maximum absolute atomic E-state index is 12.2. The van der Waals surface area contributed by atoms with Gasteiger partial charge in [0.1, 0.15) is 11.1 Å². The molecule has 1 amide bonds. The summed E-state index contributed by atoms with van der Waals surface area (Å²) in [5.74, 6) is 0.490. The number of halogens is 1. The Labute approximate surface area is 156 Å². The summed E-state index contributed by atoms with van der Waals surface area (Å²) in [5, 5.41) is 8.59. The zero-order chi connectivity index (χ0) is 18.2. The van der Waals surface area contributed by atoms with Gasteiger partial charge in [0.05, 0.1) is 5.52 Å². The summed E-state index contributed by atoms with van der Waals surface area (Å²) < 4.78 is 8.51. The molecule has 0 aliphatic carbocycles. The van der Waals surface area contributed by atoms with Crippen LogP contribution >= 0.6 is 15.9 Å². The number of fused-ring (bicyclic) bond motifs is 1. The van der Waals surface area contributed by atoms with E-state index in [2.05, 4.69) is 39.2 Å². The second-order valence-corrected chi connectivity index (χ2v) is 8.63. The van der Waals surface area contributed by atoms with Crippen LogP contribution in [0.25, 0.3) is 11.0 Å². The molecule has 0 radical (unpaired) electrons. The van der Waals surface area contributed by atoms with Gasteiger partial charge in [-0.2, -0.15) is 0 Å². The minimum absolute atomic E-state index is 0.212. The standard InChI is InChI=1S/C18H25BrN4O2/c1-12-9-15-16(10-14(12)19)23(21-20-15)11-13-5-7-22(8-6-13)17(24)25-18(2,3)4/h9-10,13H,5-8,11H2,1-4H3. The van der Waals surface area contributed by atoms with Crippen LogP contribution in [0.1, 0.15) is 39.2 Å². The minimum atomic E-state index is -0.445. The van der Waals surface area contributed by atoms with Crippen LogP contribution < -0.4 is 0 Å². The minimum Gasteiger partial charge on any atom is -0.444 e. The van der Waals surface area contributed by atoms with Gasteiger partial charge in [0, 0.05) is 24.1 Å². The zero-order valence-electron chi connectivity index (χ0n) is 15.3. The monoisotopic (exact) mass is 408 g/mol. The van der Waals surface area contributed by atoms with Crippen LogP contribution in [0.5, 0.6) is 0 Å². The first-order valence-corrected chi connectivity index (χ1v) is 9.49. The summed E-state index contributed by atoms with van der Waals surface area (Å²) in [6.07, 6.45) is 1.69. The number of rotatable bonds is 2. The van der Waals surface area contributed by atoms with Crippen molar-refractivity contribution < 1.29 is 9.53 Å². The highest BCUT2D eigenvalue weighted by atomic mass is 79.9. The number of aromatic nitrogens is 3. The molecule has 2 heterocycles. The van der Waals surface area contributed by atoms with Crippen molar-refractivity contribution in [2.45, 2.75) is 52.7 Å². The molecule has 2 aromatic rings. The van der Waals surface area contributed by atoms with Gasteiger partial charge in [-0.1, -0.05) is 21.1 Å². The Bertz CT molecular complexity index is 773. The Morgan fingerprint density at radius 3 is 2.64 bits per heavy atom. The largest absolute Gasteiger partial charge is 0.444 e. The van der Waals surface area contributed by atoms with E-state index < -0.39 is 5.60 Å². The second kappa shape index (κ2) is 6.94. The number of ether oxygens (including phenoxy) is 1. The lowest BCUT2D eigenvalue weighted by molar-refractivity contribution is 0.0177. The normalized spacial score (nSPS) is 16.4. The molecule has 25 heavy (non-hydrogen) atoms. The Hall–Kier alpha value is -1.63. The SMILES string of the molecule is Cc1cc2nnn(CC3CCN(C(=O)OC(C)(C)C)CC3)c2cc1Br. The number of hydrogen-bond acceptors (Lipinski definition) is 4. The molecule has 0 N–H and O–H groups in total. The van der Waals surface area contributed by atoms with E-state index in [-0.39, 0.29) is 6.09 Å². The van der Waals surface area contributed by atoms with Crippen molar-refractivity contribution in [1.29, 1.82) is 0 Å². The lowest BCUT2D eigenvalue weighted by Crippen LogP contribution is -2.42. The Balaban J connectivity index is 1.61. The predicted molar refractivity (Wildman–Crippen MR) is 100 cm³/mol. The number of benzene rings is 1. The fraction of sp³-hybridized carbons (Fsp3) is 0.611. The summed E-state index contributed by atoms with van der Waals surface area (Å²) in [5.41, 5.74) is 2.68. The lowest BCUT2D eigenvalue weighted by atomic mass is 9.97. The molecule has 0 spiro atoms. The van der Waals surface area contributed by atoms with Gasteiger partial charge in [0.2, 0.25) is 0 Å². The third-order valence-corrected chi connectivity index (χ3v) is 5.35. The van der Waals surface area contributed by atoms with Crippen molar-refractivity contribution in [2.75, 3.05) is 13.1 Å². The molecule has 6 nitrogen and oxygen atoms in total. The number of hydrogen-bond donors (Lipinski definition) is 0. The first-order valence-electron chi connectivity index (χ1n) is 8.70. The van der Waals surface area contributed by atoms with Crippen molar-refractivity contribution >= 4 is 33.1 Å². The Morgan fingerprint density at radius 1 is 1.32 bits per heavy atom. The van der Waals surface area contributed by atoms with Gasteiger partial charge in [-0.05, 0) is 64.2 Å². The smallest absolute Gasteiger partial charge is 0.410 e. The molecular weight excluding hydrogens is 384 g/mol. The number of likely N-dealkylation sites (tertiary alicyclic amines) is 1. The van der Waals surface area contributed by atoms with Gasteiger partial charge < -0.3 is 9.64 Å². The van der Waals surface area contributed by atoms with Crippen LogP contribution in [-0.2, 0) is 11.3 Å². The van der Waals surface area contributed by atoms with Crippen LogP contribution in [0.3, 0.4) is 0 Å². The summed E-state index contributed by atoms with van der Waals surface area (Å²) in [4.78, 5) is 14.0. The molecule has 1 aliphatic heterocycles. The highest BCUT2D eigenvalue weighted by molar-refractivity contribution is 9.10. The molecule has 1 aromatic carbocycles. The van der Waals surface area contributed by atoms with Crippen LogP contribution in [0.4, 0.5) is 4.79 Å². The van der Waals surface area contributed by atoms with E-state index in [9.17, 15) is 4.79 Å². The number of carbonyl (C=O) groups excluding carboxylic acids is 1. The van der Waals surface area contributed by atoms with Gasteiger partial charge >= 0.3 is 6.09 Å². The molecule has 136 valence electrons. The van der Waals surface area contributed by atoms with Gasteiger partial charge in [-0.3, -0.25) is 0 Å². The first kappa shape index (κ1) is 18.2. The van der Waals surface area contributed by atoms with E-state index in [0.29, 0.717) is 5.92 Å². The zero-order valence-corrected chi connectivity index (χ0v) is 16.8. The van der Waals surface area contributed by atoms with Crippen LogP contribution in [0.15, 0.2) is 16.6 Å². The van der Waals surface area contributed by atoms with E-state index in [1.165, 1.54) is 0 Å². The summed E-state index contributed by atoms with van der Waals surface area (Å²) in [7, 11) is 0. The molecule has 1 fully saturated rings. The predicted octanol–water partition coefficient (Wildman–Crippen LogP) is 4.15.